The normalized spacial score (nSPS) is 10.2. The minimum atomic E-state index is 0.442. The number of rotatable bonds is 4. The zero-order valence-corrected chi connectivity index (χ0v) is 9.52. The standard InChI is InChI=1S/C15H14NO/c16-10-13-7-4-8-14(11-17)15(13)9-12-5-2-1-3-6-12/h1-8H,9-10,16H2. The minimum Gasteiger partial charge on any atom is -0.326 e. The predicted octanol–water partition coefficient (Wildman–Crippen LogP) is 2.19. The van der Waals surface area contributed by atoms with Gasteiger partial charge in [0.1, 0.15) is 0 Å². The van der Waals surface area contributed by atoms with Gasteiger partial charge in [0.15, 0.2) is 0 Å². The van der Waals surface area contributed by atoms with Crippen molar-refractivity contribution in [1.82, 2.24) is 0 Å². The van der Waals surface area contributed by atoms with Gasteiger partial charge in [0.05, 0.1) is 0 Å². The molecule has 2 aromatic rings. The van der Waals surface area contributed by atoms with Crippen LogP contribution in [0.5, 0.6) is 0 Å². The Balaban J connectivity index is 2.40. The molecule has 0 atom stereocenters. The molecule has 2 nitrogen and oxygen atoms in total. The van der Waals surface area contributed by atoms with Crippen LogP contribution in [0.3, 0.4) is 0 Å². The van der Waals surface area contributed by atoms with Gasteiger partial charge in [-0.1, -0.05) is 48.5 Å². The Hall–Kier alpha value is -1.93. The average Bonchev–Trinajstić information content (AvgIpc) is 2.40. The Bertz CT molecular complexity index is 506. The lowest BCUT2D eigenvalue weighted by Gasteiger charge is -2.10. The van der Waals surface area contributed by atoms with Crippen molar-refractivity contribution in [3.05, 3.63) is 70.8 Å². The number of benzene rings is 2. The molecule has 0 bridgehead atoms. The van der Waals surface area contributed by atoms with Crippen LogP contribution in [0, 0.1) is 0 Å². The molecule has 0 aromatic heterocycles. The molecule has 0 fully saturated rings. The molecule has 2 heteroatoms. The summed E-state index contributed by atoms with van der Waals surface area (Å²) in [6.45, 7) is 0.442. The molecule has 2 rings (SSSR count). The fraction of sp³-hybridized carbons (Fsp3) is 0.133. The Morgan fingerprint density at radius 2 is 1.76 bits per heavy atom. The van der Waals surface area contributed by atoms with E-state index < -0.39 is 0 Å². The van der Waals surface area contributed by atoms with Crippen LogP contribution in [0.1, 0.15) is 22.3 Å². The summed E-state index contributed by atoms with van der Waals surface area (Å²) in [4.78, 5) is 10.9. The molecule has 0 saturated carbocycles. The van der Waals surface area contributed by atoms with Crippen molar-refractivity contribution in [2.45, 2.75) is 13.0 Å². The number of hydrogen-bond donors (Lipinski definition) is 1. The molecular weight excluding hydrogens is 210 g/mol. The highest BCUT2D eigenvalue weighted by atomic mass is 16.1. The van der Waals surface area contributed by atoms with E-state index >= 15 is 0 Å². The topological polar surface area (TPSA) is 43.1 Å². The molecule has 0 aliphatic heterocycles. The Morgan fingerprint density at radius 1 is 1.00 bits per heavy atom. The molecule has 85 valence electrons. The van der Waals surface area contributed by atoms with Crippen molar-refractivity contribution >= 4 is 6.29 Å². The first-order valence-corrected chi connectivity index (χ1v) is 5.58. The second-order valence-electron chi connectivity index (χ2n) is 3.91. The van der Waals surface area contributed by atoms with Crippen molar-refractivity contribution in [3.8, 4) is 0 Å². The number of carbonyl (C=O) groups excluding carboxylic acids is 1. The van der Waals surface area contributed by atoms with Gasteiger partial charge >= 0.3 is 0 Å². The zero-order chi connectivity index (χ0) is 12.1. The van der Waals surface area contributed by atoms with Gasteiger partial charge in [0.25, 0.3) is 0 Å². The highest BCUT2D eigenvalue weighted by molar-refractivity contribution is 5.78. The van der Waals surface area contributed by atoms with Crippen LogP contribution in [0.15, 0.2) is 48.5 Å². The van der Waals surface area contributed by atoms with Crippen LogP contribution in [0.2, 0.25) is 0 Å². The van der Waals surface area contributed by atoms with E-state index in [-0.39, 0.29) is 0 Å². The average molecular weight is 224 g/mol. The van der Waals surface area contributed by atoms with Gasteiger partial charge in [-0.3, -0.25) is 4.79 Å². The monoisotopic (exact) mass is 224 g/mol. The summed E-state index contributed by atoms with van der Waals surface area (Å²) < 4.78 is 0. The Labute approximate surface area is 101 Å². The van der Waals surface area contributed by atoms with E-state index in [0.29, 0.717) is 12.1 Å². The van der Waals surface area contributed by atoms with Gasteiger partial charge in [0, 0.05) is 12.1 Å². The summed E-state index contributed by atoms with van der Waals surface area (Å²) in [7, 11) is 0. The van der Waals surface area contributed by atoms with E-state index in [1.807, 2.05) is 48.8 Å². The molecule has 17 heavy (non-hydrogen) atoms. The van der Waals surface area contributed by atoms with Crippen LogP contribution in [0.4, 0.5) is 0 Å². The molecule has 0 heterocycles. The summed E-state index contributed by atoms with van der Waals surface area (Å²) in [5.74, 6) is 0. The first kappa shape index (κ1) is 11.6. The van der Waals surface area contributed by atoms with Crippen molar-refractivity contribution in [2.75, 3.05) is 0 Å². The van der Waals surface area contributed by atoms with Crippen molar-refractivity contribution in [2.24, 2.45) is 5.73 Å². The van der Waals surface area contributed by atoms with Gasteiger partial charge in [-0.05, 0) is 23.1 Å². The van der Waals surface area contributed by atoms with Crippen molar-refractivity contribution in [1.29, 1.82) is 0 Å². The fourth-order valence-corrected chi connectivity index (χ4v) is 1.93. The maximum atomic E-state index is 10.9. The molecule has 1 radical (unpaired) electrons. The Morgan fingerprint density at radius 3 is 2.41 bits per heavy atom. The first-order valence-electron chi connectivity index (χ1n) is 5.58. The number of hydrogen-bond acceptors (Lipinski definition) is 2. The largest absolute Gasteiger partial charge is 0.326 e. The molecule has 0 unspecified atom stereocenters. The molecule has 2 aromatic carbocycles. The van der Waals surface area contributed by atoms with Crippen LogP contribution < -0.4 is 5.73 Å². The summed E-state index contributed by atoms with van der Waals surface area (Å²) >= 11 is 0. The molecular formula is C15H14NO. The van der Waals surface area contributed by atoms with Gasteiger partial charge in [0.2, 0.25) is 6.29 Å². The zero-order valence-electron chi connectivity index (χ0n) is 9.52. The molecule has 0 aliphatic carbocycles. The predicted molar refractivity (Wildman–Crippen MR) is 68.4 cm³/mol. The lowest BCUT2D eigenvalue weighted by molar-refractivity contribution is 0.562. The van der Waals surface area contributed by atoms with Crippen molar-refractivity contribution < 1.29 is 4.79 Å². The maximum absolute atomic E-state index is 10.9. The summed E-state index contributed by atoms with van der Waals surface area (Å²) in [6, 6.07) is 15.6. The SMILES string of the molecule is NCc1cccc([C]=O)c1Cc1ccccc1. The highest BCUT2D eigenvalue weighted by Gasteiger charge is 2.08. The molecule has 2 N–H and O–H groups in total. The smallest absolute Gasteiger partial charge is 0.233 e. The van der Waals surface area contributed by atoms with Gasteiger partial charge < -0.3 is 5.73 Å². The first-order chi connectivity index (χ1) is 8.35. The van der Waals surface area contributed by atoms with Crippen LogP contribution in [0.25, 0.3) is 0 Å². The lowest BCUT2D eigenvalue weighted by atomic mass is 9.95. The fourth-order valence-electron chi connectivity index (χ4n) is 1.93. The summed E-state index contributed by atoms with van der Waals surface area (Å²) in [5, 5.41) is 0. The Kier molecular flexibility index (Phi) is 3.68. The summed E-state index contributed by atoms with van der Waals surface area (Å²) in [6.07, 6.45) is 2.71. The third kappa shape index (κ3) is 2.60. The van der Waals surface area contributed by atoms with E-state index in [4.69, 9.17) is 5.73 Å². The third-order valence-electron chi connectivity index (χ3n) is 2.83. The van der Waals surface area contributed by atoms with Gasteiger partial charge in [-0.25, -0.2) is 0 Å². The van der Waals surface area contributed by atoms with Crippen LogP contribution in [-0.4, -0.2) is 6.29 Å². The van der Waals surface area contributed by atoms with E-state index in [1.54, 1.807) is 6.07 Å². The molecule has 0 spiro atoms. The number of nitrogens with two attached hydrogens (primary N) is 1. The van der Waals surface area contributed by atoms with E-state index in [2.05, 4.69) is 0 Å². The van der Waals surface area contributed by atoms with Gasteiger partial charge in [-0.15, -0.1) is 0 Å². The van der Waals surface area contributed by atoms with Crippen LogP contribution >= 0.6 is 0 Å². The van der Waals surface area contributed by atoms with Crippen LogP contribution in [-0.2, 0) is 17.8 Å². The molecule has 0 amide bonds. The third-order valence-corrected chi connectivity index (χ3v) is 2.83. The maximum Gasteiger partial charge on any atom is 0.233 e. The molecule has 0 saturated heterocycles. The van der Waals surface area contributed by atoms with E-state index in [0.717, 1.165) is 17.5 Å². The quantitative estimate of drug-likeness (QED) is 0.865. The minimum absolute atomic E-state index is 0.442. The second kappa shape index (κ2) is 5.41. The summed E-state index contributed by atoms with van der Waals surface area (Å²) in [5.41, 5.74) is 9.47. The van der Waals surface area contributed by atoms with Crippen molar-refractivity contribution in [3.63, 3.8) is 0 Å². The highest BCUT2D eigenvalue weighted by Crippen LogP contribution is 2.17. The van der Waals surface area contributed by atoms with Gasteiger partial charge in [-0.2, -0.15) is 0 Å². The van der Waals surface area contributed by atoms with E-state index in [9.17, 15) is 4.79 Å². The van der Waals surface area contributed by atoms with E-state index in [1.165, 1.54) is 5.56 Å². The second-order valence-corrected chi connectivity index (χ2v) is 3.91. The molecule has 0 aliphatic rings. The lowest BCUT2D eigenvalue weighted by Crippen LogP contribution is -2.05.